The quantitative estimate of drug-likeness (QED) is 0.451. The largest absolute Gasteiger partial charge is 0.433 e. The molecule has 3 nitrogen and oxygen atoms in total. The van der Waals surface area contributed by atoms with Gasteiger partial charge < -0.3 is 4.90 Å². The lowest BCUT2D eigenvalue weighted by Gasteiger charge is -2.22. The highest BCUT2D eigenvalue weighted by Gasteiger charge is 2.33. The van der Waals surface area contributed by atoms with Crippen molar-refractivity contribution >= 4 is 33.3 Å². The van der Waals surface area contributed by atoms with Crippen molar-refractivity contribution in [1.82, 2.24) is 14.9 Å². The van der Waals surface area contributed by atoms with Crippen LogP contribution in [0.3, 0.4) is 0 Å². The Balaban J connectivity index is 2.41. The number of thioether (sulfide) groups is 1. The van der Waals surface area contributed by atoms with Gasteiger partial charge in [-0.1, -0.05) is 39.8 Å². The summed E-state index contributed by atoms with van der Waals surface area (Å²) in [6, 6.07) is 0.994. The summed E-state index contributed by atoms with van der Waals surface area (Å²) in [4.78, 5) is 9.72. The third-order valence-corrected chi connectivity index (χ3v) is 3.71. The van der Waals surface area contributed by atoms with E-state index in [0.717, 1.165) is 36.2 Å². The second kappa shape index (κ2) is 6.83. The maximum atomic E-state index is 12.9. The van der Waals surface area contributed by atoms with Crippen LogP contribution in [0.15, 0.2) is 29.6 Å². The van der Waals surface area contributed by atoms with Gasteiger partial charge in [-0.3, -0.25) is 0 Å². The van der Waals surface area contributed by atoms with E-state index in [4.69, 9.17) is 0 Å². The van der Waals surface area contributed by atoms with E-state index in [1.165, 1.54) is 0 Å². The molecule has 0 saturated heterocycles. The third-order valence-electron chi connectivity index (χ3n) is 2.81. The molecule has 0 fully saturated rings. The van der Waals surface area contributed by atoms with Gasteiger partial charge in [-0.15, -0.1) is 0 Å². The first kappa shape index (κ1) is 16.4. The summed E-state index contributed by atoms with van der Waals surface area (Å²) in [6.07, 6.45) is 2.70. The molecule has 0 atom stereocenters. The van der Waals surface area contributed by atoms with E-state index in [2.05, 4.69) is 25.9 Å². The Labute approximate surface area is 133 Å². The molecule has 0 radical (unpaired) electrons. The van der Waals surface area contributed by atoms with Crippen LogP contribution in [0.2, 0.25) is 0 Å². The molecule has 1 aromatic heterocycles. The summed E-state index contributed by atoms with van der Waals surface area (Å²) < 4.78 is 38.7. The number of allylic oxidation sites excluding steroid dienone is 2. The van der Waals surface area contributed by atoms with Crippen LogP contribution < -0.4 is 0 Å². The minimum Gasteiger partial charge on any atom is -0.372 e. The van der Waals surface area contributed by atoms with Crippen LogP contribution in [0, 0.1) is 0 Å². The van der Waals surface area contributed by atoms with Crippen molar-refractivity contribution in [1.29, 1.82) is 0 Å². The summed E-state index contributed by atoms with van der Waals surface area (Å²) in [6.45, 7) is 1.52. The van der Waals surface area contributed by atoms with Crippen molar-refractivity contribution in [2.45, 2.75) is 11.3 Å². The van der Waals surface area contributed by atoms with Gasteiger partial charge in [-0.05, 0) is 12.3 Å². The Morgan fingerprint density at radius 2 is 2.14 bits per heavy atom. The zero-order chi connectivity index (χ0) is 15.5. The monoisotopic (exact) mass is 379 g/mol. The van der Waals surface area contributed by atoms with E-state index in [1.807, 2.05) is 17.2 Å². The zero-order valence-electron chi connectivity index (χ0n) is 11.2. The van der Waals surface area contributed by atoms with Gasteiger partial charge in [-0.25, -0.2) is 9.97 Å². The SMILES string of the molecule is CSc1nc(C2=CN(CCBr)CC=C2)cc(C(F)(F)F)n1. The molecule has 0 saturated carbocycles. The van der Waals surface area contributed by atoms with Gasteiger partial charge in [0, 0.05) is 30.2 Å². The fourth-order valence-electron chi connectivity index (χ4n) is 1.83. The molecule has 0 amide bonds. The Morgan fingerprint density at radius 1 is 1.38 bits per heavy atom. The van der Waals surface area contributed by atoms with Gasteiger partial charge in [-0.2, -0.15) is 13.2 Å². The molecule has 0 aliphatic carbocycles. The Kier molecular flexibility index (Phi) is 5.32. The highest BCUT2D eigenvalue weighted by atomic mass is 79.9. The van der Waals surface area contributed by atoms with Crippen LogP contribution in [0.5, 0.6) is 0 Å². The van der Waals surface area contributed by atoms with Crippen LogP contribution in [0.1, 0.15) is 11.4 Å². The molecule has 0 bridgehead atoms. The molecule has 2 heterocycles. The van der Waals surface area contributed by atoms with Crippen LogP contribution >= 0.6 is 27.7 Å². The number of alkyl halides is 4. The molecule has 114 valence electrons. The van der Waals surface area contributed by atoms with Gasteiger partial charge in [0.1, 0.15) is 5.69 Å². The van der Waals surface area contributed by atoms with Crippen molar-refractivity contribution in [3.63, 3.8) is 0 Å². The predicted octanol–water partition coefficient (Wildman–Crippen LogP) is 3.82. The van der Waals surface area contributed by atoms with Crippen LogP contribution in [0.4, 0.5) is 13.2 Å². The average Bonchev–Trinajstić information content (AvgIpc) is 2.46. The first-order valence-electron chi connectivity index (χ1n) is 6.13. The molecule has 0 aromatic carbocycles. The molecule has 1 aliphatic rings. The number of nitrogens with zero attached hydrogens (tertiary/aromatic N) is 3. The molecule has 1 aliphatic heterocycles. The molecular formula is C13H13BrF3N3S. The van der Waals surface area contributed by atoms with Gasteiger partial charge in [0.25, 0.3) is 0 Å². The molecule has 0 N–H and O–H groups in total. The van der Waals surface area contributed by atoms with Crippen molar-refractivity contribution in [3.8, 4) is 0 Å². The molecule has 8 heteroatoms. The summed E-state index contributed by atoms with van der Waals surface area (Å²) >= 11 is 4.44. The molecule has 0 spiro atoms. The van der Waals surface area contributed by atoms with E-state index in [9.17, 15) is 13.2 Å². The second-order valence-corrected chi connectivity index (χ2v) is 5.86. The Morgan fingerprint density at radius 3 is 2.76 bits per heavy atom. The van der Waals surface area contributed by atoms with Gasteiger partial charge in [0.15, 0.2) is 5.16 Å². The van der Waals surface area contributed by atoms with Gasteiger partial charge in [0.2, 0.25) is 0 Å². The number of halogens is 4. The predicted molar refractivity (Wildman–Crippen MR) is 81.3 cm³/mol. The lowest BCUT2D eigenvalue weighted by molar-refractivity contribution is -0.141. The first-order valence-corrected chi connectivity index (χ1v) is 8.47. The maximum absolute atomic E-state index is 12.9. The van der Waals surface area contributed by atoms with E-state index in [1.54, 1.807) is 12.3 Å². The molecule has 1 aromatic rings. The Bertz CT molecular complexity index is 572. The van der Waals surface area contributed by atoms with Gasteiger partial charge >= 0.3 is 6.18 Å². The zero-order valence-corrected chi connectivity index (χ0v) is 13.6. The van der Waals surface area contributed by atoms with Crippen molar-refractivity contribution < 1.29 is 13.2 Å². The highest BCUT2D eigenvalue weighted by molar-refractivity contribution is 9.09. The number of hydrogen-bond donors (Lipinski definition) is 0. The summed E-state index contributed by atoms with van der Waals surface area (Å²) in [5, 5.41) is 0.907. The van der Waals surface area contributed by atoms with Crippen molar-refractivity contribution in [2.75, 3.05) is 24.7 Å². The topological polar surface area (TPSA) is 29.0 Å². The fourth-order valence-corrected chi connectivity index (χ4v) is 2.67. The number of aromatic nitrogens is 2. The average molecular weight is 380 g/mol. The number of hydrogen-bond acceptors (Lipinski definition) is 4. The molecule has 21 heavy (non-hydrogen) atoms. The number of rotatable bonds is 4. The fraction of sp³-hybridized carbons (Fsp3) is 0.385. The lowest BCUT2D eigenvalue weighted by atomic mass is 10.1. The van der Waals surface area contributed by atoms with Crippen molar-refractivity contribution in [3.05, 3.63) is 35.8 Å². The van der Waals surface area contributed by atoms with Gasteiger partial charge in [0.05, 0.1) is 5.69 Å². The summed E-state index contributed by atoms with van der Waals surface area (Å²) in [5.74, 6) is 0. The van der Waals surface area contributed by atoms with Crippen LogP contribution in [-0.4, -0.2) is 39.5 Å². The van der Waals surface area contributed by atoms with E-state index >= 15 is 0 Å². The second-order valence-electron chi connectivity index (χ2n) is 4.29. The molecular weight excluding hydrogens is 367 g/mol. The smallest absolute Gasteiger partial charge is 0.372 e. The minimum absolute atomic E-state index is 0.117. The highest BCUT2D eigenvalue weighted by Crippen LogP contribution is 2.31. The third kappa shape index (κ3) is 4.23. The normalized spacial score (nSPS) is 15.3. The standard InChI is InChI=1S/C13H13BrF3N3S/c1-21-12-18-10(7-11(19-12)13(15,16)17)9-3-2-5-20(8-9)6-4-14/h2-3,7-8H,4-6H2,1H3. The van der Waals surface area contributed by atoms with E-state index in [-0.39, 0.29) is 10.9 Å². The van der Waals surface area contributed by atoms with Crippen molar-refractivity contribution in [2.24, 2.45) is 0 Å². The molecule has 2 rings (SSSR count). The summed E-state index contributed by atoms with van der Waals surface area (Å²) in [7, 11) is 0. The minimum atomic E-state index is -4.48. The molecule has 0 unspecified atom stereocenters. The summed E-state index contributed by atoms with van der Waals surface area (Å²) in [5.41, 5.74) is 0.0337. The Hall–Kier alpha value is -1.02. The van der Waals surface area contributed by atoms with E-state index < -0.39 is 11.9 Å². The maximum Gasteiger partial charge on any atom is 0.433 e. The van der Waals surface area contributed by atoms with Crippen LogP contribution in [-0.2, 0) is 6.18 Å². The first-order chi connectivity index (χ1) is 9.94. The van der Waals surface area contributed by atoms with E-state index in [0.29, 0.717) is 5.57 Å². The lowest BCUT2D eigenvalue weighted by Crippen LogP contribution is -2.22. The van der Waals surface area contributed by atoms with Crippen LogP contribution in [0.25, 0.3) is 5.57 Å².